The molecule has 0 heterocycles. The molecule has 10 heteroatoms. The van der Waals surface area contributed by atoms with Gasteiger partial charge in [0, 0.05) is 19.4 Å². The molecule has 1 aromatic carbocycles. The van der Waals surface area contributed by atoms with Crippen LogP contribution in [0.5, 0.6) is 11.5 Å². The minimum atomic E-state index is -0.760. The molecule has 0 saturated heterocycles. The van der Waals surface area contributed by atoms with Gasteiger partial charge in [-0.25, -0.2) is 4.79 Å². The van der Waals surface area contributed by atoms with Crippen molar-refractivity contribution >= 4 is 24.1 Å². The van der Waals surface area contributed by atoms with Crippen LogP contribution in [0.15, 0.2) is 18.2 Å². The lowest BCUT2D eigenvalue weighted by atomic mass is 10.0. The highest BCUT2D eigenvalue weighted by molar-refractivity contribution is 5.77. The Hall–Kier alpha value is -3.14. The van der Waals surface area contributed by atoms with Crippen molar-refractivity contribution in [2.24, 2.45) is 0 Å². The van der Waals surface area contributed by atoms with Crippen molar-refractivity contribution in [3.63, 3.8) is 0 Å². The molecule has 0 aliphatic heterocycles. The number of carbonyl (C=O) groups is 4. The molecule has 1 atom stereocenters. The molecule has 0 aliphatic carbocycles. The molecule has 1 rings (SSSR count). The summed E-state index contributed by atoms with van der Waals surface area (Å²) in [6, 6.07) is 4.09. The molecule has 1 N–H and O–H groups in total. The third-order valence-corrected chi connectivity index (χ3v) is 6.03. The molecular weight excluding hydrogens is 518 g/mol. The van der Waals surface area contributed by atoms with Crippen LogP contribution in [0.3, 0.4) is 0 Å². The molecule has 0 bridgehead atoms. The Kier molecular flexibility index (Phi) is 18.9. The van der Waals surface area contributed by atoms with Crippen molar-refractivity contribution < 1.29 is 42.9 Å². The summed E-state index contributed by atoms with van der Waals surface area (Å²) < 4.78 is 26.1. The molecule has 0 aromatic heterocycles. The maximum atomic E-state index is 12.5. The van der Waals surface area contributed by atoms with Crippen molar-refractivity contribution in [1.82, 2.24) is 5.32 Å². The van der Waals surface area contributed by atoms with Crippen LogP contribution in [0.2, 0.25) is 0 Å². The van der Waals surface area contributed by atoms with Gasteiger partial charge in [-0.2, -0.15) is 0 Å². The van der Waals surface area contributed by atoms with Crippen LogP contribution in [0.1, 0.15) is 97.0 Å². The van der Waals surface area contributed by atoms with E-state index in [-0.39, 0.29) is 43.9 Å². The van der Waals surface area contributed by atoms with Gasteiger partial charge in [0.25, 0.3) is 0 Å². The first kappa shape index (κ1) is 34.9. The summed E-state index contributed by atoms with van der Waals surface area (Å²) in [6.07, 6.45) is 7.90. The number of hydrogen-bond acceptors (Lipinski definition) is 10. The van der Waals surface area contributed by atoms with Gasteiger partial charge in [-0.1, -0.05) is 65.4 Å². The van der Waals surface area contributed by atoms with Gasteiger partial charge in [-0.3, -0.25) is 14.4 Å². The fourth-order valence-corrected chi connectivity index (χ4v) is 3.76. The highest BCUT2D eigenvalue weighted by atomic mass is 16.7. The SMILES string of the molecule is CCCCCOC(=O)OCCN[C@@H](Cc1ccc(OC(=O)CCCCC)c(OC(=O)CCCCC)c1)C(=O)OC. The van der Waals surface area contributed by atoms with Crippen molar-refractivity contribution in [3.8, 4) is 11.5 Å². The largest absolute Gasteiger partial charge is 0.508 e. The lowest BCUT2D eigenvalue weighted by molar-refractivity contribution is -0.143. The van der Waals surface area contributed by atoms with Crippen molar-refractivity contribution in [2.75, 3.05) is 26.9 Å². The van der Waals surface area contributed by atoms with E-state index in [1.807, 2.05) is 13.8 Å². The smallest absolute Gasteiger partial charge is 0.468 e. The summed E-state index contributed by atoms with van der Waals surface area (Å²) in [5, 5.41) is 3.02. The number of rotatable bonds is 21. The van der Waals surface area contributed by atoms with E-state index in [1.165, 1.54) is 7.11 Å². The topological polar surface area (TPSA) is 126 Å². The molecule has 0 unspecified atom stereocenters. The Morgan fingerprint density at radius 1 is 0.750 bits per heavy atom. The minimum Gasteiger partial charge on any atom is -0.468 e. The Bertz CT molecular complexity index is 903. The molecule has 226 valence electrons. The normalized spacial score (nSPS) is 11.4. The summed E-state index contributed by atoms with van der Waals surface area (Å²) in [5.41, 5.74) is 0.654. The fourth-order valence-electron chi connectivity index (χ4n) is 3.76. The first-order valence-electron chi connectivity index (χ1n) is 14.5. The average molecular weight is 566 g/mol. The highest BCUT2D eigenvalue weighted by Crippen LogP contribution is 2.30. The van der Waals surface area contributed by atoms with E-state index in [4.69, 9.17) is 23.7 Å². The standard InChI is InChI=1S/C30H47NO9/c1-5-8-11-14-27(32)39-25-17-16-23(22-26(25)40-28(33)15-12-9-6-2)21-24(29(34)36-4)31-18-20-38-30(35)37-19-13-10-7-3/h16-17,22,24,31H,5-15,18-21H2,1-4H3/t24-/m0/s1. The number of carbonyl (C=O) groups excluding carboxylic acids is 4. The Labute approximate surface area is 238 Å². The van der Waals surface area contributed by atoms with Crippen molar-refractivity contribution in [1.29, 1.82) is 0 Å². The lowest BCUT2D eigenvalue weighted by Crippen LogP contribution is -2.41. The van der Waals surface area contributed by atoms with E-state index in [1.54, 1.807) is 18.2 Å². The van der Waals surface area contributed by atoms with E-state index in [2.05, 4.69) is 12.2 Å². The van der Waals surface area contributed by atoms with E-state index >= 15 is 0 Å². The van der Waals surface area contributed by atoms with Crippen LogP contribution in [-0.4, -0.2) is 57.0 Å². The monoisotopic (exact) mass is 565 g/mol. The first-order chi connectivity index (χ1) is 19.3. The molecule has 40 heavy (non-hydrogen) atoms. The van der Waals surface area contributed by atoms with Crippen LogP contribution in [0.4, 0.5) is 4.79 Å². The van der Waals surface area contributed by atoms with Crippen LogP contribution >= 0.6 is 0 Å². The zero-order chi connectivity index (χ0) is 29.6. The maximum Gasteiger partial charge on any atom is 0.508 e. The highest BCUT2D eigenvalue weighted by Gasteiger charge is 2.21. The Balaban J connectivity index is 2.86. The number of methoxy groups -OCH3 is 1. The average Bonchev–Trinajstić information content (AvgIpc) is 2.94. The van der Waals surface area contributed by atoms with Crippen LogP contribution < -0.4 is 14.8 Å². The van der Waals surface area contributed by atoms with E-state index in [0.29, 0.717) is 25.0 Å². The Morgan fingerprint density at radius 3 is 1.93 bits per heavy atom. The number of nitrogens with one attached hydrogen (secondary N) is 1. The molecule has 0 fully saturated rings. The summed E-state index contributed by atoms with van der Waals surface area (Å²) in [6.45, 7) is 6.66. The van der Waals surface area contributed by atoms with E-state index in [0.717, 1.165) is 44.9 Å². The zero-order valence-electron chi connectivity index (χ0n) is 24.6. The van der Waals surface area contributed by atoms with Crippen molar-refractivity contribution in [3.05, 3.63) is 23.8 Å². The molecule has 10 nitrogen and oxygen atoms in total. The van der Waals surface area contributed by atoms with Crippen LogP contribution in [0, 0.1) is 0 Å². The molecule has 0 aliphatic rings. The number of unbranched alkanes of at least 4 members (excludes halogenated alkanes) is 6. The molecule has 1 aromatic rings. The quantitative estimate of drug-likeness (QED) is 0.113. The second-order valence-corrected chi connectivity index (χ2v) is 9.53. The van der Waals surface area contributed by atoms with Crippen LogP contribution in [0.25, 0.3) is 0 Å². The van der Waals surface area contributed by atoms with Gasteiger partial charge in [0.15, 0.2) is 11.5 Å². The van der Waals surface area contributed by atoms with Gasteiger partial charge >= 0.3 is 24.1 Å². The third-order valence-electron chi connectivity index (χ3n) is 6.03. The molecule has 0 amide bonds. The number of esters is 3. The second kappa shape index (κ2) is 21.7. The minimum absolute atomic E-state index is 0.00759. The predicted molar refractivity (Wildman–Crippen MR) is 150 cm³/mol. The van der Waals surface area contributed by atoms with Gasteiger partial charge in [-0.05, 0) is 43.4 Å². The molecule has 0 spiro atoms. The predicted octanol–water partition coefficient (Wildman–Crippen LogP) is 5.68. The first-order valence-corrected chi connectivity index (χ1v) is 14.5. The molecule has 0 radical (unpaired) electrons. The maximum absolute atomic E-state index is 12.5. The number of benzene rings is 1. The van der Waals surface area contributed by atoms with Crippen molar-refractivity contribution in [2.45, 2.75) is 104 Å². The summed E-state index contributed by atoms with van der Waals surface area (Å²) in [4.78, 5) is 48.9. The zero-order valence-corrected chi connectivity index (χ0v) is 24.6. The summed E-state index contributed by atoms with van der Waals surface area (Å²) in [5.74, 6) is -1.05. The summed E-state index contributed by atoms with van der Waals surface area (Å²) in [7, 11) is 1.28. The third kappa shape index (κ3) is 15.5. The summed E-state index contributed by atoms with van der Waals surface area (Å²) >= 11 is 0. The fraction of sp³-hybridized carbons (Fsp3) is 0.667. The van der Waals surface area contributed by atoms with Gasteiger partial charge in [0.05, 0.1) is 13.7 Å². The molecular formula is C30H47NO9. The van der Waals surface area contributed by atoms with E-state index < -0.39 is 30.1 Å². The van der Waals surface area contributed by atoms with Gasteiger partial charge in [0.2, 0.25) is 0 Å². The lowest BCUT2D eigenvalue weighted by Gasteiger charge is -2.18. The van der Waals surface area contributed by atoms with E-state index in [9.17, 15) is 19.2 Å². The van der Waals surface area contributed by atoms with Gasteiger partial charge < -0.3 is 29.0 Å². The van der Waals surface area contributed by atoms with Gasteiger partial charge in [0.1, 0.15) is 12.6 Å². The molecule has 0 saturated carbocycles. The van der Waals surface area contributed by atoms with Crippen LogP contribution in [-0.2, 0) is 35.0 Å². The number of ether oxygens (including phenoxy) is 5. The Morgan fingerprint density at radius 2 is 1.32 bits per heavy atom. The number of hydrogen-bond donors (Lipinski definition) is 1. The second-order valence-electron chi connectivity index (χ2n) is 9.53. The van der Waals surface area contributed by atoms with Gasteiger partial charge in [-0.15, -0.1) is 0 Å².